The van der Waals surface area contributed by atoms with E-state index < -0.39 is 5.92 Å². The zero-order valence-corrected chi connectivity index (χ0v) is 19.1. The van der Waals surface area contributed by atoms with Crippen LogP contribution in [0.5, 0.6) is 5.88 Å². The molecule has 0 aliphatic carbocycles. The zero-order valence-electron chi connectivity index (χ0n) is 16.8. The lowest BCUT2D eigenvalue weighted by Crippen LogP contribution is -2.21. The normalized spacial score (nSPS) is 15.2. The second kappa shape index (κ2) is 7.86. The van der Waals surface area contributed by atoms with Crippen LogP contribution < -0.4 is 10.5 Å². The summed E-state index contributed by atoms with van der Waals surface area (Å²) in [5.74, 6) is -0.278. The van der Waals surface area contributed by atoms with Gasteiger partial charge in [-0.15, -0.1) is 5.10 Å². The SMILES string of the molecule is Cc1nn(-c2ccccc2)c(Cl)c1[C@H]1C(C#N)=C(N)Oc2n[nH]c(-c3ccc(Br)cc3)c21. The molecular formula is C23H16BrClN6O. The van der Waals surface area contributed by atoms with Crippen LogP contribution in [0.3, 0.4) is 0 Å². The van der Waals surface area contributed by atoms with Crippen LogP contribution in [-0.4, -0.2) is 20.0 Å². The monoisotopic (exact) mass is 506 g/mol. The molecule has 1 aliphatic rings. The number of aromatic nitrogens is 4. The Labute approximate surface area is 197 Å². The molecule has 0 amide bonds. The molecule has 0 saturated heterocycles. The van der Waals surface area contributed by atoms with Gasteiger partial charge in [-0.3, -0.25) is 5.10 Å². The lowest BCUT2D eigenvalue weighted by Gasteiger charge is -2.24. The largest absolute Gasteiger partial charge is 0.420 e. The summed E-state index contributed by atoms with van der Waals surface area (Å²) in [6.07, 6.45) is 0. The van der Waals surface area contributed by atoms with Gasteiger partial charge in [-0.25, -0.2) is 4.68 Å². The van der Waals surface area contributed by atoms with E-state index in [4.69, 9.17) is 22.1 Å². The highest BCUT2D eigenvalue weighted by Crippen LogP contribution is 2.48. The van der Waals surface area contributed by atoms with E-state index in [-0.39, 0.29) is 11.5 Å². The summed E-state index contributed by atoms with van der Waals surface area (Å²) in [4.78, 5) is 0. The Balaban J connectivity index is 1.75. The number of benzene rings is 2. The first-order valence-corrected chi connectivity index (χ1v) is 10.9. The predicted octanol–water partition coefficient (Wildman–Crippen LogP) is 5.20. The Bertz CT molecular complexity index is 1400. The van der Waals surface area contributed by atoms with Gasteiger partial charge < -0.3 is 10.5 Å². The number of nitriles is 1. The Kier molecular flexibility index (Phi) is 5.00. The van der Waals surface area contributed by atoms with Crippen LogP contribution in [0, 0.1) is 18.3 Å². The van der Waals surface area contributed by atoms with Crippen molar-refractivity contribution >= 4 is 27.5 Å². The number of nitrogens with one attached hydrogen (secondary N) is 1. The smallest absolute Gasteiger partial charge is 0.244 e. The first-order valence-electron chi connectivity index (χ1n) is 9.71. The molecule has 1 aliphatic heterocycles. The highest BCUT2D eigenvalue weighted by molar-refractivity contribution is 9.10. The van der Waals surface area contributed by atoms with Crippen molar-refractivity contribution in [3.05, 3.63) is 92.5 Å². The molecule has 0 fully saturated rings. The van der Waals surface area contributed by atoms with E-state index in [1.54, 1.807) is 4.68 Å². The Morgan fingerprint density at radius 1 is 1.16 bits per heavy atom. The molecule has 3 heterocycles. The Morgan fingerprint density at radius 2 is 1.88 bits per heavy atom. The fraction of sp³-hybridized carbons (Fsp3) is 0.0870. The van der Waals surface area contributed by atoms with E-state index in [1.165, 1.54) is 0 Å². The number of aryl methyl sites for hydroxylation is 1. The van der Waals surface area contributed by atoms with Crippen molar-refractivity contribution < 1.29 is 4.74 Å². The summed E-state index contributed by atoms with van der Waals surface area (Å²) in [7, 11) is 0. The molecule has 2 aromatic heterocycles. The third-order valence-corrected chi connectivity index (χ3v) is 6.30. The summed E-state index contributed by atoms with van der Waals surface area (Å²) >= 11 is 10.3. The van der Waals surface area contributed by atoms with Crippen molar-refractivity contribution in [3.8, 4) is 28.9 Å². The highest BCUT2D eigenvalue weighted by atomic mass is 79.9. The predicted molar refractivity (Wildman–Crippen MR) is 124 cm³/mol. The van der Waals surface area contributed by atoms with Crippen molar-refractivity contribution in [2.24, 2.45) is 5.73 Å². The van der Waals surface area contributed by atoms with Crippen LogP contribution in [0.2, 0.25) is 5.15 Å². The van der Waals surface area contributed by atoms with Crippen molar-refractivity contribution in [2.75, 3.05) is 0 Å². The number of fused-ring (bicyclic) bond motifs is 1. The summed E-state index contributed by atoms with van der Waals surface area (Å²) in [5.41, 5.74) is 10.9. The number of rotatable bonds is 3. The molecular weight excluding hydrogens is 492 g/mol. The van der Waals surface area contributed by atoms with Crippen LogP contribution in [-0.2, 0) is 0 Å². The number of allylic oxidation sites excluding steroid dienone is 1. The van der Waals surface area contributed by atoms with Crippen LogP contribution in [0.15, 0.2) is 70.5 Å². The van der Waals surface area contributed by atoms with Crippen LogP contribution in [0.4, 0.5) is 0 Å². The minimum absolute atomic E-state index is 0.00165. The topological polar surface area (TPSA) is 106 Å². The zero-order chi connectivity index (χ0) is 22.4. The maximum absolute atomic E-state index is 9.98. The molecule has 0 unspecified atom stereocenters. The summed E-state index contributed by atoms with van der Waals surface area (Å²) in [6, 6.07) is 19.5. The van der Waals surface area contributed by atoms with Gasteiger partial charge in [0.15, 0.2) is 0 Å². The Morgan fingerprint density at radius 3 is 2.56 bits per heavy atom. The van der Waals surface area contributed by atoms with Crippen molar-refractivity contribution in [1.82, 2.24) is 20.0 Å². The van der Waals surface area contributed by atoms with Crippen LogP contribution in [0.1, 0.15) is 22.7 Å². The van der Waals surface area contributed by atoms with Gasteiger partial charge in [0.05, 0.1) is 28.6 Å². The molecule has 1 atom stereocenters. The minimum atomic E-state index is -0.592. The number of nitrogens with two attached hydrogens (primary N) is 1. The molecule has 2 aromatic carbocycles. The molecule has 158 valence electrons. The van der Waals surface area contributed by atoms with Gasteiger partial charge >= 0.3 is 0 Å². The number of ether oxygens (including phenoxy) is 1. The fourth-order valence-corrected chi connectivity index (χ4v) is 4.60. The number of nitrogens with zero attached hydrogens (tertiary/aromatic N) is 4. The number of halogens is 2. The molecule has 0 saturated carbocycles. The summed E-state index contributed by atoms with van der Waals surface area (Å²) in [6.45, 7) is 1.86. The van der Waals surface area contributed by atoms with Crippen LogP contribution in [0.25, 0.3) is 16.9 Å². The van der Waals surface area contributed by atoms with E-state index in [0.29, 0.717) is 27.9 Å². The average molecular weight is 508 g/mol. The number of para-hydroxylation sites is 1. The third-order valence-electron chi connectivity index (χ3n) is 5.41. The lowest BCUT2D eigenvalue weighted by atomic mass is 9.83. The Hall–Kier alpha value is -3.54. The average Bonchev–Trinajstić information content (AvgIpc) is 3.34. The van der Waals surface area contributed by atoms with Crippen LogP contribution >= 0.6 is 27.5 Å². The second-order valence-corrected chi connectivity index (χ2v) is 8.56. The van der Waals surface area contributed by atoms with Crippen molar-refractivity contribution in [1.29, 1.82) is 5.26 Å². The van der Waals surface area contributed by atoms with E-state index in [0.717, 1.165) is 21.4 Å². The number of hydrogen-bond acceptors (Lipinski definition) is 5. The molecule has 3 N–H and O–H groups in total. The molecule has 7 nitrogen and oxygen atoms in total. The number of aromatic amines is 1. The summed E-state index contributed by atoms with van der Waals surface area (Å²) < 4.78 is 8.31. The highest BCUT2D eigenvalue weighted by Gasteiger charge is 2.39. The summed E-state index contributed by atoms with van der Waals surface area (Å²) in [5, 5.41) is 22.4. The van der Waals surface area contributed by atoms with E-state index in [9.17, 15) is 5.26 Å². The molecule has 0 bridgehead atoms. The molecule has 5 rings (SSSR count). The maximum Gasteiger partial charge on any atom is 0.244 e. The van der Waals surface area contributed by atoms with Crippen molar-refractivity contribution in [2.45, 2.75) is 12.8 Å². The maximum atomic E-state index is 9.98. The molecule has 0 radical (unpaired) electrons. The van der Waals surface area contributed by atoms with Crippen molar-refractivity contribution in [3.63, 3.8) is 0 Å². The minimum Gasteiger partial charge on any atom is -0.420 e. The van der Waals surface area contributed by atoms with Gasteiger partial charge in [-0.1, -0.05) is 57.9 Å². The molecule has 4 aromatic rings. The number of H-pyrrole nitrogens is 1. The van der Waals surface area contributed by atoms with Gasteiger partial charge in [0, 0.05) is 15.6 Å². The van der Waals surface area contributed by atoms with E-state index >= 15 is 0 Å². The second-order valence-electron chi connectivity index (χ2n) is 7.29. The quantitative estimate of drug-likeness (QED) is 0.396. The van der Waals surface area contributed by atoms with Gasteiger partial charge in [0.2, 0.25) is 11.8 Å². The number of hydrogen-bond donors (Lipinski definition) is 2. The molecule has 0 spiro atoms. The van der Waals surface area contributed by atoms with E-state index in [2.05, 4.69) is 37.3 Å². The van der Waals surface area contributed by atoms with Gasteiger partial charge in [-0.05, 0) is 31.2 Å². The standard InChI is InChI=1S/C23H16BrClN6O/c1-12-17(21(25)31(30-12)15-5-3-2-4-6-15)18-16(11-26)22(27)32-23-19(18)20(28-29-23)13-7-9-14(24)10-8-13/h2-10,18H,27H2,1H3,(H,28,29)/t18-/m1/s1. The fourth-order valence-electron chi connectivity index (χ4n) is 3.95. The van der Waals surface area contributed by atoms with Gasteiger partial charge in [0.25, 0.3) is 0 Å². The van der Waals surface area contributed by atoms with E-state index in [1.807, 2.05) is 61.5 Å². The molecule has 9 heteroatoms. The molecule has 32 heavy (non-hydrogen) atoms. The first kappa shape index (κ1) is 20.4. The lowest BCUT2D eigenvalue weighted by molar-refractivity contribution is 0.379. The first-order chi connectivity index (χ1) is 15.5. The third kappa shape index (κ3) is 3.18. The van der Waals surface area contributed by atoms with Gasteiger partial charge in [0.1, 0.15) is 16.8 Å². The van der Waals surface area contributed by atoms with Gasteiger partial charge in [-0.2, -0.15) is 10.4 Å².